The Bertz CT molecular complexity index is 815. The van der Waals surface area contributed by atoms with Gasteiger partial charge in [-0.15, -0.1) is 0 Å². The molecule has 0 N–H and O–H groups in total. The van der Waals surface area contributed by atoms with Crippen LogP contribution in [0.3, 0.4) is 0 Å². The average Bonchev–Trinajstić information content (AvgIpc) is 3.11. The smallest absolute Gasteiger partial charge is 0.306 e. The third-order valence-electron chi connectivity index (χ3n) is 10.4. The maximum atomic E-state index is 12.1. The van der Waals surface area contributed by atoms with Crippen molar-refractivity contribution in [3.05, 3.63) is 35.5 Å². The van der Waals surface area contributed by atoms with Crippen molar-refractivity contribution in [2.24, 2.45) is 40.4 Å². The van der Waals surface area contributed by atoms with E-state index in [1.54, 1.807) is 5.57 Å². The molecule has 4 aliphatic rings. The number of esters is 1. The van der Waals surface area contributed by atoms with E-state index in [0.717, 1.165) is 42.9 Å². The van der Waals surface area contributed by atoms with Crippen LogP contribution >= 0.6 is 0 Å². The van der Waals surface area contributed by atoms with Gasteiger partial charge in [0.1, 0.15) is 6.10 Å². The molecule has 3 fully saturated rings. The first-order valence-corrected chi connectivity index (χ1v) is 13.9. The van der Waals surface area contributed by atoms with E-state index < -0.39 is 0 Å². The molecule has 0 aliphatic heterocycles. The van der Waals surface area contributed by atoms with E-state index in [2.05, 4.69) is 58.9 Å². The highest BCUT2D eigenvalue weighted by atomic mass is 16.5. The summed E-state index contributed by atoms with van der Waals surface area (Å²) in [4.78, 5) is 12.1. The van der Waals surface area contributed by atoms with Gasteiger partial charge >= 0.3 is 5.97 Å². The molecule has 0 bridgehead atoms. The summed E-state index contributed by atoms with van der Waals surface area (Å²) in [6.07, 6.45) is 21.2. The Hall–Kier alpha value is -1.31. The number of allylic oxidation sites excluding steroid dienone is 5. The minimum absolute atomic E-state index is 0.00132. The zero-order valence-corrected chi connectivity index (χ0v) is 22.2. The van der Waals surface area contributed by atoms with Gasteiger partial charge in [-0.1, -0.05) is 63.1 Å². The van der Waals surface area contributed by atoms with Crippen molar-refractivity contribution in [1.29, 1.82) is 0 Å². The van der Waals surface area contributed by atoms with Gasteiger partial charge in [0.25, 0.3) is 0 Å². The molecule has 8 atom stereocenters. The summed E-state index contributed by atoms with van der Waals surface area (Å²) in [6, 6.07) is 0. The van der Waals surface area contributed by atoms with Crippen molar-refractivity contribution in [2.45, 2.75) is 112 Å². The Labute approximate surface area is 203 Å². The Morgan fingerprint density at radius 1 is 1.15 bits per heavy atom. The lowest BCUT2D eigenvalue weighted by Crippen LogP contribution is -2.51. The molecule has 0 aromatic rings. The van der Waals surface area contributed by atoms with E-state index in [4.69, 9.17) is 4.74 Å². The highest BCUT2D eigenvalue weighted by Gasteiger charge is 2.59. The summed E-state index contributed by atoms with van der Waals surface area (Å²) in [5.74, 6) is 4.01. The first-order valence-electron chi connectivity index (χ1n) is 13.9. The standard InChI is InChI=1S/C31H48O2/c1-7-9-29(32)33-24-16-18-30(5)23(20-24)12-13-25-27-15-14-26(22(4)11-8-10-21(2)3)31(27,6)19-17-28(25)30/h8,10-12,22,24-28H,7,9,13-20H2,1-6H3/b11-8-/t22-,24-,25+,26-,27+,28+,30+,31-/m1/s1. The molecule has 4 aliphatic carbocycles. The molecular weight excluding hydrogens is 404 g/mol. The van der Waals surface area contributed by atoms with Gasteiger partial charge < -0.3 is 4.74 Å². The van der Waals surface area contributed by atoms with Gasteiger partial charge in [-0.2, -0.15) is 0 Å². The fourth-order valence-electron chi connectivity index (χ4n) is 8.64. The second-order valence-corrected chi connectivity index (χ2v) is 12.6. The lowest BCUT2D eigenvalue weighted by atomic mass is 9.47. The van der Waals surface area contributed by atoms with E-state index >= 15 is 0 Å². The van der Waals surface area contributed by atoms with Gasteiger partial charge in [0.15, 0.2) is 0 Å². The highest BCUT2D eigenvalue weighted by Crippen LogP contribution is 2.67. The molecule has 0 amide bonds. The zero-order chi connectivity index (χ0) is 23.8. The van der Waals surface area contributed by atoms with Crippen LogP contribution in [0.2, 0.25) is 0 Å². The lowest BCUT2D eigenvalue weighted by molar-refractivity contribution is -0.151. The second-order valence-electron chi connectivity index (χ2n) is 12.6. The summed E-state index contributed by atoms with van der Waals surface area (Å²) in [5.41, 5.74) is 3.80. The summed E-state index contributed by atoms with van der Waals surface area (Å²) >= 11 is 0. The first-order chi connectivity index (χ1) is 15.7. The van der Waals surface area contributed by atoms with Crippen molar-refractivity contribution in [3.8, 4) is 0 Å². The van der Waals surface area contributed by atoms with Crippen molar-refractivity contribution in [3.63, 3.8) is 0 Å². The van der Waals surface area contributed by atoms with Gasteiger partial charge in [-0.05, 0) is 106 Å². The van der Waals surface area contributed by atoms with Crippen LogP contribution in [-0.4, -0.2) is 12.1 Å². The maximum absolute atomic E-state index is 12.1. The van der Waals surface area contributed by atoms with Crippen LogP contribution in [0.15, 0.2) is 35.5 Å². The highest BCUT2D eigenvalue weighted by molar-refractivity contribution is 5.69. The van der Waals surface area contributed by atoms with E-state index in [9.17, 15) is 4.79 Å². The molecule has 0 radical (unpaired) electrons. The molecule has 33 heavy (non-hydrogen) atoms. The number of carbonyl (C=O) groups is 1. The van der Waals surface area contributed by atoms with Gasteiger partial charge in [0, 0.05) is 12.8 Å². The molecule has 2 heteroatoms. The van der Waals surface area contributed by atoms with E-state index in [1.165, 1.54) is 44.1 Å². The van der Waals surface area contributed by atoms with Crippen molar-refractivity contribution in [2.75, 3.05) is 0 Å². The van der Waals surface area contributed by atoms with Gasteiger partial charge in [-0.25, -0.2) is 0 Å². The Morgan fingerprint density at radius 2 is 1.94 bits per heavy atom. The van der Waals surface area contributed by atoms with E-state index in [1.807, 2.05) is 6.92 Å². The topological polar surface area (TPSA) is 26.3 Å². The summed E-state index contributed by atoms with van der Waals surface area (Å²) in [7, 11) is 0. The molecule has 0 heterocycles. The van der Waals surface area contributed by atoms with Crippen LogP contribution in [0.4, 0.5) is 0 Å². The fourth-order valence-corrected chi connectivity index (χ4v) is 8.64. The van der Waals surface area contributed by atoms with E-state index in [0.29, 0.717) is 23.2 Å². The lowest BCUT2D eigenvalue weighted by Gasteiger charge is -2.58. The first kappa shape index (κ1) is 24.8. The molecule has 3 saturated carbocycles. The third kappa shape index (κ3) is 4.65. The minimum atomic E-state index is -0.00132. The molecular formula is C31H48O2. The molecule has 184 valence electrons. The van der Waals surface area contributed by atoms with Gasteiger partial charge in [0.05, 0.1) is 0 Å². The zero-order valence-electron chi connectivity index (χ0n) is 22.2. The third-order valence-corrected chi connectivity index (χ3v) is 10.4. The second kappa shape index (κ2) is 9.74. The van der Waals surface area contributed by atoms with Crippen LogP contribution in [0, 0.1) is 40.4 Å². The average molecular weight is 453 g/mol. The fraction of sp³-hybridized carbons (Fsp3) is 0.774. The normalized spacial score (nSPS) is 40.9. The van der Waals surface area contributed by atoms with Gasteiger partial charge in [0.2, 0.25) is 0 Å². The van der Waals surface area contributed by atoms with Crippen LogP contribution in [0.5, 0.6) is 0 Å². The van der Waals surface area contributed by atoms with Crippen LogP contribution < -0.4 is 0 Å². The van der Waals surface area contributed by atoms with Gasteiger partial charge in [-0.3, -0.25) is 4.79 Å². The summed E-state index contributed by atoms with van der Waals surface area (Å²) in [6.45, 7) is 14.1. The van der Waals surface area contributed by atoms with Crippen molar-refractivity contribution >= 4 is 5.97 Å². The van der Waals surface area contributed by atoms with E-state index in [-0.39, 0.29) is 12.1 Å². The van der Waals surface area contributed by atoms with Crippen LogP contribution in [0.1, 0.15) is 106 Å². The quantitative estimate of drug-likeness (QED) is 0.229. The number of hydrogen-bond donors (Lipinski definition) is 0. The molecule has 0 spiro atoms. The largest absolute Gasteiger partial charge is 0.462 e. The Balaban J connectivity index is 1.48. The van der Waals surface area contributed by atoms with Crippen molar-refractivity contribution in [1.82, 2.24) is 0 Å². The minimum Gasteiger partial charge on any atom is -0.462 e. The maximum Gasteiger partial charge on any atom is 0.306 e. The SMILES string of the molecule is CCCC(=O)O[C@@H]1CC[C@@]2(C)C(=CC[C@H]3[C@@H]4CC[C@H]([C@H](C)/C=C\C=C(C)C)[C@@]4(C)CC[C@@H]32)C1. The molecule has 2 nitrogen and oxygen atoms in total. The Kier molecular flexibility index (Phi) is 7.32. The summed E-state index contributed by atoms with van der Waals surface area (Å²) in [5, 5.41) is 0. The van der Waals surface area contributed by atoms with Crippen LogP contribution in [0.25, 0.3) is 0 Å². The summed E-state index contributed by atoms with van der Waals surface area (Å²) < 4.78 is 5.84. The number of carbonyl (C=O) groups excluding carboxylic acids is 1. The molecule has 0 aromatic carbocycles. The van der Waals surface area contributed by atoms with Crippen molar-refractivity contribution < 1.29 is 9.53 Å². The van der Waals surface area contributed by atoms with Crippen LogP contribution in [-0.2, 0) is 9.53 Å². The monoisotopic (exact) mass is 452 g/mol. The molecule has 0 saturated heterocycles. The Morgan fingerprint density at radius 3 is 2.67 bits per heavy atom. The molecule has 4 rings (SSSR count). The predicted molar refractivity (Wildman–Crippen MR) is 138 cm³/mol. The number of fused-ring (bicyclic) bond motifs is 5. The number of rotatable bonds is 6. The number of hydrogen-bond acceptors (Lipinski definition) is 2. The molecule has 0 unspecified atom stereocenters. The number of ether oxygens (including phenoxy) is 1. The predicted octanol–water partition coefficient (Wildman–Crippen LogP) is 8.44. The molecule has 0 aromatic heterocycles.